The van der Waals surface area contributed by atoms with Crippen molar-refractivity contribution in [2.75, 3.05) is 26.2 Å². The van der Waals surface area contributed by atoms with Crippen LogP contribution in [0.5, 0.6) is 0 Å². The van der Waals surface area contributed by atoms with Gasteiger partial charge in [-0.05, 0) is 13.8 Å². The van der Waals surface area contributed by atoms with E-state index in [0.717, 1.165) is 6.54 Å². The van der Waals surface area contributed by atoms with Crippen molar-refractivity contribution in [2.45, 2.75) is 19.9 Å². The van der Waals surface area contributed by atoms with Gasteiger partial charge in [-0.25, -0.2) is 4.79 Å². The van der Waals surface area contributed by atoms with Crippen molar-refractivity contribution in [2.24, 2.45) is 0 Å². The van der Waals surface area contributed by atoms with Crippen LogP contribution in [0.15, 0.2) is 0 Å². The average Bonchev–Trinajstić information content (AvgIpc) is 2.18. The SMILES string of the molecule is CCOC(=O)C(C)N1CCNCC1=O. The molecule has 0 aromatic heterocycles. The molecule has 1 aliphatic rings. The first-order valence-corrected chi connectivity index (χ1v) is 4.83. The molecular weight excluding hydrogens is 184 g/mol. The lowest BCUT2D eigenvalue weighted by Crippen LogP contribution is -2.54. The van der Waals surface area contributed by atoms with E-state index in [1.54, 1.807) is 18.7 Å². The molecule has 1 fully saturated rings. The van der Waals surface area contributed by atoms with Gasteiger partial charge in [0.15, 0.2) is 0 Å². The Labute approximate surface area is 83.4 Å². The lowest BCUT2D eigenvalue weighted by Gasteiger charge is -2.31. The van der Waals surface area contributed by atoms with Gasteiger partial charge in [-0.1, -0.05) is 0 Å². The molecule has 1 saturated heterocycles. The van der Waals surface area contributed by atoms with E-state index in [-0.39, 0.29) is 11.9 Å². The highest BCUT2D eigenvalue weighted by atomic mass is 16.5. The van der Waals surface area contributed by atoms with Gasteiger partial charge in [0.2, 0.25) is 5.91 Å². The third-order valence-corrected chi connectivity index (χ3v) is 2.22. The average molecular weight is 200 g/mol. The van der Waals surface area contributed by atoms with Gasteiger partial charge in [-0.15, -0.1) is 0 Å². The minimum Gasteiger partial charge on any atom is -0.464 e. The Bertz CT molecular complexity index is 230. The van der Waals surface area contributed by atoms with Gasteiger partial charge in [-0.3, -0.25) is 4.79 Å². The summed E-state index contributed by atoms with van der Waals surface area (Å²) in [5.74, 6) is -0.375. The van der Waals surface area contributed by atoms with Crippen LogP contribution in [-0.2, 0) is 14.3 Å². The molecule has 0 radical (unpaired) electrons. The predicted molar refractivity (Wildman–Crippen MR) is 50.7 cm³/mol. The quantitative estimate of drug-likeness (QED) is 0.616. The molecule has 0 bridgehead atoms. The minimum absolute atomic E-state index is 0.0446. The fraction of sp³-hybridized carbons (Fsp3) is 0.778. The van der Waals surface area contributed by atoms with Crippen molar-refractivity contribution in [1.82, 2.24) is 10.2 Å². The van der Waals surface area contributed by atoms with Crippen molar-refractivity contribution in [3.05, 3.63) is 0 Å². The Morgan fingerprint density at radius 1 is 1.71 bits per heavy atom. The van der Waals surface area contributed by atoms with Crippen LogP contribution in [0.4, 0.5) is 0 Å². The Balaban J connectivity index is 2.53. The Kier molecular flexibility index (Phi) is 3.88. The molecule has 1 atom stereocenters. The number of nitrogens with zero attached hydrogens (tertiary/aromatic N) is 1. The first-order chi connectivity index (χ1) is 6.66. The summed E-state index contributed by atoms with van der Waals surface area (Å²) in [6, 6.07) is -0.468. The second kappa shape index (κ2) is 4.95. The standard InChI is InChI=1S/C9H16N2O3/c1-3-14-9(13)7(2)11-5-4-10-6-8(11)12/h7,10H,3-6H2,1-2H3. The molecule has 0 spiro atoms. The van der Waals surface area contributed by atoms with Crippen molar-refractivity contribution in [3.8, 4) is 0 Å². The number of rotatable bonds is 3. The smallest absolute Gasteiger partial charge is 0.328 e. The van der Waals surface area contributed by atoms with E-state index in [9.17, 15) is 9.59 Å². The molecule has 5 nitrogen and oxygen atoms in total. The van der Waals surface area contributed by atoms with Crippen LogP contribution in [0.1, 0.15) is 13.8 Å². The molecule has 1 rings (SSSR count). The van der Waals surface area contributed by atoms with Crippen molar-refractivity contribution >= 4 is 11.9 Å². The topological polar surface area (TPSA) is 58.6 Å². The van der Waals surface area contributed by atoms with Crippen molar-refractivity contribution < 1.29 is 14.3 Å². The highest BCUT2D eigenvalue weighted by Gasteiger charge is 2.28. The van der Waals surface area contributed by atoms with Gasteiger partial charge in [0.05, 0.1) is 13.2 Å². The van der Waals surface area contributed by atoms with Gasteiger partial charge >= 0.3 is 5.97 Å². The number of nitrogens with one attached hydrogen (secondary N) is 1. The first kappa shape index (κ1) is 11.0. The zero-order chi connectivity index (χ0) is 10.6. The van der Waals surface area contributed by atoms with Crippen LogP contribution in [0, 0.1) is 0 Å². The summed E-state index contributed by atoms with van der Waals surface area (Å²) in [5.41, 5.74) is 0. The number of ether oxygens (including phenoxy) is 1. The molecule has 0 saturated carbocycles. The number of carbonyl (C=O) groups excluding carboxylic acids is 2. The predicted octanol–water partition coefficient (Wildman–Crippen LogP) is -0.630. The summed E-state index contributed by atoms with van der Waals surface area (Å²) in [6.07, 6.45) is 0. The van der Waals surface area contributed by atoms with Crippen LogP contribution < -0.4 is 5.32 Å². The zero-order valence-corrected chi connectivity index (χ0v) is 8.58. The maximum absolute atomic E-state index is 11.4. The number of carbonyl (C=O) groups is 2. The second-order valence-electron chi connectivity index (χ2n) is 3.19. The minimum atomic E-state index is -0.468. The van der Waals surface area contributed by atoms with E-state index in [1.807, 2.05) is 0 Å². The molecule has 5 heteroatoms. The maximum atomic E-state index is 11.4. The van der Waals surface area contributed by atoms with E-state index < -0.39 is 6.04 Å². The molecule has 1 aliphatic heterocycles. The van der Waals surface area contributed by atoms with E-state index >= 15 is 0 Å². The summed E-state index contributed by atoms with van der Waals surface area (Å²) in [4.78, 5) is 24.3. The fourth-order valence-electron chi connectivity index (χ4n) is 1.42. The van der Waals surface area contributed by atoms with Crippen LogP contribution in [-0.4, -0.2) is 49.1 Å². The third-order valence-electron chi connectivity index (χ3n) is 2.22. The molecule has 80 valence electrons. The van der Waals surface area contributed by atoms with Crippen molar-refractivity contribution in [1.29, 1.82) is 0 Å². The highest BCUT2D eigenvalue weighted by molar-refractivity contribution is 5.85. The molecule has 0 aliphatic carbocycles. The molecule has 0 aromatic carbocycles. The van der Waals surface area contributed by atoms with E-state index in [1.165, 1.54) is 0 Å². The Hall–Kier alpha value is -1.10. The maximum Gasteiger partial charge on any atom is 0.328 e. The van der Waals surface area contributed by atoms with Crippen LogP contribution >= 0.6 is 0 Å². The molecule has 1 amide bonds. The monoisotopic (exact) mass is 200 g/mol. The van der Waals surface area contributed by atoms with Crippen LogP contribution in [0.25, 0.3) is 0 Å². The molecule has 1 unspecified atom stereocenters. The van der Waals surface area contributed by atoms with Gasteiger partial charge in [-0.2, -0.15) is 0 Å². The van der Waals surface area contributed by atoms with Crippen molar-refractivity contribution in [3.63, 3.8) is 0 Å². The normalized spacial score (nSPS) is 19.3. The second-order valence-corrected chi connectivity index (χ2v) is 3.19. The molecular formula is C9H16N2O3. The number of esters is 1. The largest absolute Gasteiger partial charge is 0.464 e. The fourth-order valence-corrected chi connectivity index (χ4v) is 1.42. The Morgan fingerprint density at radius 2 is 2.43 bits per heavy atom. The van der Waals surface area contributed by atoms with Crippen LogP contribution in [0.3, 0.4) is 0 Å². The van der Waals surface area contributed by atoms with E-state index in [0.29, 0.717) is 19.7 Å². The summed E-state index contributed by atoms with van der Waals surface area (Å²) in [7, 11) is 0. The Morgan fingerprint density at radius 3 is 3.00 bits per heavy atom. The highest BCUT2D eigenvalue weighted by Crippen LogP contribution is 2.04. The van der Waals surface area contributed by atoms with E-state index in [4.69, 9.17) is 4.74 Å². The zero-order valence-electron chi connectivity index (χ0n) is 8.58. The van der Waals surface area contributed by atoms with Gasteiger partial charge < -0.3 is 15.0 Å². The van der Waals surface area contributed by atoms with Gasteiger partial charge in [0.25, 0.3) is 0 Å². The molecule has 14 heavy (non-hydrogen) atoms. The number of hydrogen-bond acceptors (Lipinski definition) is 4. The van der Waals surface area contributed by atoms with Crippen LogP contribution in [0.2, 0.25) is 0 Å². The first-order valence-electron chi connectivity index (χ1n) is 4.83. The lowest BCUT2D eigenvalue weighted by atomic mass is 10.2. The molecule has 1 heterocycles. The number of amides is 1. The third kappa shape index (κ3) is 2.45. The molecule has 1 N–H and O–H groups in total. The summed E-state index contributed by atoms with van der Waals surface area (Å²) in [5, 5.41) is 2.95. The summed E-state index contributed by atoms with van der Waals surface area (Å²) in [6.45, 7) is 5.41. The van der Waals surface area contributed by atoms with E-state index in [2.05, 4.69) is 5.32 Å². The summed E-state index contributed by atoms with van der Waals surface area (Å²) >= 11 is 0. The van der Waals surface area contributed by atoms with Gasteiger partial charge in [0, 0.05) is 13.1 Å². The number of piperazine rings is 1. The summed E-state index contributed by atoms with van der Waals surface area (Å²) < 4.78 is 4.85. The lowest BCUT2D eigenvalue weighted by molar-refractivity contribution is -0.154. The van der Waals surface area contributed by atoms with Gasteiger partial charge in [0.1, 0.15) is 6.04 Å². The molecule has 0 aromatic rings. The number of hydrogen-bond donors (Lipinski definition) is 1.